The molecule has 0 aromatic carbocycles. The van der Waals surface area contributed by atoms with Crippen molar-refractivity contribution in [2.45, 2.75) is 52.2 Å². The van der Waals surface area contributed by atoms with Gasteiger partial charge < -0.3 is 20.5 Å². The first-order chi connectivity index (χ1) is 11.5. The van der Waals surface area contributed by atoms with Gasteiger partial charge in [0.05, 0.1) is 6.20 Å². The largest absolute Gasteiger partial charge is 0.467 e. The highest BCUT2D eigenvalue weighted by molar-refractivity contribution is 7.15. The normalized spacial score (nSPS) is 12.7. The van der Waals surface area contributed by atoms with Gasteiger partial charge in [-0.1, -0.05) is 50.7 Å². The molecule has 0 radical (unpaired) electrons. The maximum atomic E-state index is 12.0. The maximum Gasteiger partial charge on any atom is 0.273 e. The fraction of sp³-hybridized carbons (Fsp3) is 0.647. The van der Waals surface area contributed by atoms with Crippen LogP contribution in [0.3, 0.4) is 0 Å². The second-order valence-electron chi connectivity index (χ2n) is 5.82. The van der Waals surface area contributed by atoms with Gasteiger partial charge in [0.2, 0.25) is 0 Å². The monoisotopic (exact) mass is 355 g/mol. The van der Waals surface area contributed by atoms with Gasteiger partial charge in [-0.15, -0.1) is 0 Å². The summed E-state index contributed by atoms with van der Waals surface area (Å²) in [7, 11) is 0. The number of aliphatic hydroxyl groups excluding tert-OH is 1. The van der Waals surface area contributed by atoms with Crippen LogP contribution in [-0.4, -0.2) is 47.8 Å². The summed E-state index contributed by atoms with van der Waals surface area (Å²) in [5.74, 6) is -0.145. The lowest BCUT2D eigenvalue weighted by molar-refractivity contribution is 0.0958. The van der Waals surface area contributed by atoms with E-state index in [1.165, 1.54) is 17.5 Å². The molecular formula is C17H29N3O3S. The number of allylic oxidation sites excluding steroid dienone is 1. The Morgan fingerprint density at radius 1 is 1.42 bits per heavy atom. The molecule has 24 heavy (non-hydrogen) atoms. The molecule has 1 aromatic rings. The van der Waals surface area contributed by atoms with Gasteiger partial charge in [0, 0.05) is 19.1 Å². The van der Waals surface area contributed by atoms with E-state index in [9.17, 15) is 9.90 Å². The topological polar surface area (TPSA) is 83.5 Å². The van der Waals surface area contributed by atoms with E-state index in [1.54, 1.807) is 0 Å². The molecule has 0 bridgehead atoms. The number of hydrogen-bond acceptors (Lipinski definition) is 6. The van der Waals surface area contributed by atoms with Crippen LogP contribution in [0.4, 0.5) is 0 Å². The van der Waals surface area contributed by atoms with Crippen LogP contribution in [0, 0.1) is 0 Å². The molecule has 0 aliphatic rings. The quantitative estimate of drug-likeness (QED) is 0.396. The predicted molar refractivity (Wildman–Crippen MR) is 97.8 cm³/mol. The van der Waals surface area contributed by atoms with Gasteiger partial charge in [-0.2, -0.15) is 0 Å². The van der Waals surface area contributed by atoms with Crippen LogP contribution >= 0.6 is 11.3 Å². The second-order valence-corrected chi connectivity index (χ2v) is 6.82. The van der Waals surface area contributed by atoms with E-state index in [-0.39, 0.29) is 12.5 Å². The third-order valence-corrected chi connectivity index (χ3v) is 4.00. The van der Waals surface area contributed by atoms with Crippen LogP contribution in [0.25, 0.3) is 0 Å². The number of unbranched alkanes of at least 4 members (excludes halogenated alkanes) is 1. The first kappa shape index (κ1) is 20.6. The number of amides is 1. The standard InChI is InChI=1S/C17H29N3O3S/c1-4-5-6-7-8-9-18-16(22)15-11-20-17(24-15)23-12-14(21)10-19-13(2)3/h6-7,11,13-14,19,21H,4-5,8-10,12H2,1-3H3,(H,18,22)/b7-6+. The Labute approximate surface area is 148 Å². The SMILES string of the molecule is CCC/C=C/CCNC(=O)c1cnc(OCC(O)CNC(C)C)s1. The molecule has 0 saturated carbocycles. The van der Waals surface area contributed by atoms with Crippen LogP contribution in [0.15, 0.2) is 18.3 Å². The maximum absolute atomic E-state index is 12.0. The minimum absolute atomic E-state index is 0.145. The summed E-state index contributed by atoms with van der Waals surface area (Å²) in [5.41, 5.74) is 0. The van der Waals surface area contributed by atoms with Crippen LogP contribution in [0.2, 0.25) is 0 Å². The molecule has 0 aliphatic carbocycles. The van der Waals surface area contributed by atoms with E-state index in [0.29, 0.717) is 29.2 Å². The summed E-state index contributed by atoms with van der Waals surface area (Å²) >= 11 is 1.18. The highest BCUT2D eigenvalue weighted by atomic mass is 32.1. The van der Waals surface area contributed by atoms with Crippen molar-refractivity contribution in [1.29, 1.82) is 0 Å². The Hall–Kier alpha value is -1.44. The Bertz CT molecular complexity index is 503. The summed E-state index contributed by atoms with van der Waals surface area (Å²) in [5, 5.41) is 16.2. The van der Waals surface area contributed by atoms with Gasteiger partial charge in [0.25, 0.3) is 11.1 Å². The Morgan fingerprint density at radius 3 is 2.88 bits per heavy atom. The molecule has 136 valence electrons. The van der Waals surface area contributed by atoms with Crippen LogP contribution < -0.4 is 15.4 Å². The smallest absolute Gasteiger partial charge is 0.273 e. The Morgan fingerprint density at radius 2 is 2.17 bits per heavy atom. The molecule has 0 fully saturated rings. The van der Waals surface area contributed by atoms with Crippen molar-refractivity contribution < 1.29 is 14.6 Å². The molecule has 0 aliphatic heterocycles. The summed E-state index contributed by atoms with van der Waals surface area (Å²) in [4.78, 5) is 16.6. The van der Waals surface area contributed by atoms with Crippen LogP contribution in [0.5, 0.6) is 5.19 Å². The summed E-state index contributed by atoms with van der Waals surface area (Å²) in [6, 6.07) is 0.312. The highest BCUT2D eigenvalue weighted by Gasteiger charge is 2.12. The zero-order chi connectivity index (χ0) is 17.8. The lowest BCUT2D eigenvalue weighted by Crippen LogP contribution is -2.35. The molecule has 1 atom stereocenters. The lowest BCUT2D eigenvalue weighted by atomic mass is 10.3. The molecule has 1 aromatic heterocycles. The Kier molecular flexibility index (Phi) is 10.3. The number of thiazole rings is 1. The number of carbonyl (C=O) groups excluding carboxylic acids is 1. The zero-order valence-electron chi connectivity index (χ0n) is 14.7. The molecule has 1 heterocycles. The van der Waals surface area contributed by atoms with Gasteiger partial charge in [0.1, 0.15) is 17.6 Å². The van der Waals surface area contributed by atoms with E-state index in [4.69, 9.17) is 4.74 Å². The molecular weight excluding hydrogens is 326 g/mol. The molecule has 3 N–H and O–H groups in total. The molecule has 7 heteroatoms. The molecule has 0 spiro atoms. The van der Waals surface area contributed by atoms with Crippen molar-refractivity contribution in [2.24, 2.45) is 0 Å². The van der Waals surface area contributed by atoms with Gasteiger partial charge in [-0.3, -0.25) is 4.79 Å². The van der Waals surface area contributed by atoms with Crippen LogP contribution in [-0.2, 0) is 0 Å². The first-order valence-corrected chi connectivity index (χ1v) is 9.27. The van der Waals surface area contributed by atoms with E-state index >= 15 is 0 Å². The lowest BCUT2D eigenvalue weighted by Gasteiger charge is -2.13. The minimum atomic E-state index is -0.608. The van der Waals surface area contributed by atoms with Gasteiger partial charge in [0.15, 0.2) is 0 Å². The van der Waals surface area contributed by atoms with Gasteiger partial charge in [-0.05, 0) is 12.8 Å². The van der Waals surface area contributed by atoms with E-state index in [2.05, 4.69) is 34.7 Å². The summed E-state index contributed by atoms with van der Waals surface area (Å²) in [6.45, 7) is 7.37. The van der Waals surface area contributed by atoms with Crippen molar-refractivity contribution in [3.8, 4) is 5.19 Å². The Balaban J connectivity index is 2.27. The van der Waals surface area contributed by atoms with Crippen molar-refractivity contribution >= 4 is 17.2 Å². The number of rotatable bonds is 12. The van der Waals surface area contributed by atoms with Crippen molar-refractivity contribution in [2.75, 3.05) is 19.7 Å². The molecule has 6 nitrogen and oxygen atoms in total. The number of ether oxygens (including phenoxy) is 1. The third kappa shape index (κ3) is 9.00. The summed E-state index contributed by atoms with van der Waals surface area (Å²) < 4.78 is 5.43. The number of nitrogens with zero attached hydrogens (tertiary/aromatic N) is 1. The van der Waals surface area contributed by atoms with Gasteiger partial charge >= 0.3 is 0 Å². The van der Waals surface area contributed by atoms with Gasteiger partial charge in [-0.25, -0.2) is 4.98 Å². The summed E-state index contributed by atoms with van der Waals surface area (Å²) in [6.07, 6.45) is 8.13. The molecule has 1 unspecified atom stereocenters. The van der Waals surface area contributed by atoms with E-state index in [0.717, 1.165) is 19.3 Å². The van der Waals surface area contributed by atoms with Crippen molar-refractivity contribution in [3.63, 3.8) is 0 Å². The highest BCUT2D eigenvalue weighted by Crippen LogP contribution is 2.20. The predicted octanol–water partition coefficient (Wildman–Crippen LogP) is 2.36. The van der Waals surface area contributed by atoms with E-state index in [1.807, 2.05) is 13.8 Å². The number of aromatic nitrogens is 1. The van der Waals surface area contributed by atoms with E-state index < -0.39 is 6.10 Å². The minimum Gasteiger partial charge on any atom is -0.467 e. The van der Waals surface area contributed by atoms with Crippen molar-refractivity contribution in [3.05, 3.63) is 23.2 Å². The zero-order valence-corrected chi connectivity index (χ0v) is 15.6. The first-order valence-electron chi connectivity index (χ1n) is 8.46. The second kappa shape index (κ2) is 12.0. The molecule has 1 rings (SSSR count). The fourth-order valence-electron chi connectivity index (χ4n) is 1.79. The third-order valence-electron chi connectivity index (χ3n) is 3.09. The average molecular weight is 356 g/mol. The number of nitrogens with one attached hydrogen (secondary N) is 2. The average Bonchev–Trinajstić information content (AvgIpc) is 3.03. The van der Waals surface area contributed by atoms with Crippen molar-refractivity contribution in [1.82, 2.24) is 15.6 Å². The number of carbonyl (C=O) groups is 1. The number of hydrogen-bond donors (Lipinski definition) is 3. The fourth-order valence-corrected chi connectivity index (χ4v) is 2.48. The number of aliphatic hydroxyl groups is 1. The molecule has 0 saturated heterocycles. The molecule has 1 amide bonds. The van der Waals surface area contributed by atoms with Crippen LogP contribution in [0.1, 0.15) is 49.7 Å².